The Kier molecular flexibility index (Phi) is 3.59. The summed E-state index contributed by atoms with van der Waals surface area (Å²) in [5, 5.41) is 19.4. The van der Waals surface area contributed by atoms with Crippen molar-refractivity contribution in [1.82, 2.24) is 0 Å². The van der Waals surface area contributed by atoms with E-state index in [0.717, 1.165) is 18.4 Å². The lowest BCUT2D eigenvalue weighted by molar-refractivity contribution is -0.146. The molecule has 0 aromatic heterocycles. The highest BCUT2D eigenvalue weighted by molar-refractivity contribution is 5.93. The predicted octanol–water partition coefficient (Wildman–Crippen LogP) is 3.36. The van der Waals surface area contributed by atoms with E-state index in [1.807, 2.05) is 0 Å². The van der Waals surface area contributed by atoms with Crippen LogP contribution in [0.15, 0.2) is 47.6 Å². The zero-order chi connectivity index (χ0) is 16.8. The van der Waals surface area contributed by atoms with Crippen molar-refractivity contribution in [1.29, 1.82) is 0 Å². The Morgan fingerprint density at radius 2 is 1.96 bits per heavy atom. The minimum absolute atomic E-state index is 0.00454. The fourth-order valence-corrected chi connectivity index (χ4v) is 3.29. The van der Waals surface area contributed by atoms with Crippen molar-refractivity contribution >= 4 is 11.9 Å². The maximum absolute atomic E-state index is 13.6. The molecule has 120 valence electrons. The van der Waals surface area contributed by atoms with E-state index in [2.05, 4.69) is 0 Å². The lowest BCUT2D eigenvalue weighted by Gasteiger charge is -2.36. The Hall–Kier alpha value is -2.43. The number of benzene rings is 1. The molecular formula is C18H17FO4. The average molecular weight is 316 g/mol. The fourth-order valence-electron chi connectivity index (χ4n) is 3.29. The Bertz CT molecular complexity index is 745. The second kappa shape index (κ2) is 5.33. The van der Waals surface area contributed by atoms with Gasteiger partial charge in [-0.2, -0.15) is 0 Å². The van der Waals surface area contributed by atoms with Crippen molar-refractivity contribution in [3.05, 3.63) is 58.9 Å². The molecule has 4 nitrogen and oxygen atoms in total. The van der Waals surface area contributed by atoms with Gasteiger partial charge in [-0.3, -0.25) is 4.79 Å². The molecule has 2 unspecified atom stereocenters. The van der Waals surface area contributed by atoms with Crippen molar-refractivity contribution in [2.45, 2.75) is 25.7 Å². The highest BCUT2D eigenvalue weighted by atomic mass is 19.1. The van der Waals surface area contributed by atoms with Gasteiger partial charge in [0.2, 0.25) is 0 Å². The van der Waals surface area contributed by atoms with E-state index in [4.69, 9.17) is 0 Å². The smallest absolute Gasteiger partial charge is 0.332 e. The van der Waals surface area contributed by atoms with Gasteiger partial charge >= 0.3 is 11.9 Å². The molecule has 5 heteroatoms. The minimum atomic E-state index is -1.42. The first-order valence-electron chi connectivity index (χ1n) is 7.49. The summed E-state index contributed by atoms with van der Waals surface area (Å²) >= 11 is 0. The number of halogens is 1. The molecule has 0 aliphatic heterocycles. The highest BCUT2D eigenvalue weighted by Crippen LogP contribution is 2.50. The molecule has 23 heavy (non-hydrogen) atoms. The largest absolute Gasteiger partial charge is 0.481 e. The van der Waals surface area contributed by atoms with Crippen LogP contribution in [-0.2, 0) is 9.59 Å². The molecule has 0 heterocycles. The third-order valence-electron chi connectivity index (χ3n) is 4.64. The van der Waals surface area contributed by atoms with Crippen LogP contribution < -0.4 is 0 Å². The molecule has 2 aliphatic carbocycles. The summed E-state index contributed by atoms with van der Waals surface area (Å²) in [5.41, 5.74) is -0.298. The first kappa shape index (κ1) is 15.5. The third-order valence-corrected chi connectivity index (χ3v) is 4.64. The molecular weight excluding hydrogens is 299 g/mol. The minimum Gasteiger partial charge on any atom is -0.481 e. The number of carboxylic acid groups (broad SMARTS) is 2. The summed E-state index contributed by atoms with van der Waals surface area (Å²) in [7, 11) is 0. The molecule has 0 spiro atoms. The maximum atomic E-state index is 13.6. The maximum Gasteiger partial charge on any atom is 0.332 e. The van der Waals surface area contributed by atoms with Gasteiger partial charge in [-0.1, -0.05) is 18.2 Å². The number of carbonyl (C=O) groups is 2. The second-order valence-electron chi connectivity index (χ2n) is 6.40. The van der Waals surface area contributed by atoms with Crippen molar-refractivity contribution in [3.63, 3.8) is 0 Å². The van der Waals surface area contributed by atoms with Crippen LogP contribution in [0, 0.1) is 17.2 Å². The Morgan fingerprint density at radius 3 is 2.48 bits per heavy atom. The zero-order valence-corrected chi connectivity index (χ0v) is 12.6. The van der Waals surface area contributed by atoms with Gasteiger partial charge in [0.05, 0.1) is 5.41 Å². The normalized spacial score (nSPS) is 27.1. The van der Waals surface area contributed by atoms with Gasteiger partial charge in [0, 0.05) is 11.5 Å². The van der Waals surface area contributed by atoms with Crippen molar-refractivity contribution in [3.8, 4) is 0 Å². The average Bonchev–Trinajstić information content (AvgIpc) is 3.30. The van der Waals surface area contributed by atoms with E-state index < -0.39 is 29.1 Å². The topological polar surface area (TPSA) is 74.6 Å². The van der Waals surface area contributed by atoms with E-state index in [0.29, 0.717) is 5.56 Å². The van der Waals surface area contributed by atoms with E-state index in [1.54, 1.807) is 18.2 Å². The number of allylic oxidation sites excluding steroid dienone is 2. The first-order chi connectivity index (χ1) is 10.8. The quantitative estimate of drug-likeness (QED) is 0.893. The van der Waals surface area contributed by atoms with Crippen LogP contribution in [0.2, 0.25) is 0 Å². The number of aliphatic carboxylic acids is 2. The lowest BCUT2D eigenvalue weighted by atomic mass is 9.65. The molecule has 1 saturated carbocycles. The second-order valence-corrected chi connectivity index (χ2v) is 6.40. The number of carboxylic acids is 2. The van der Waals surface area contributed by atoms with Crippen LogP contribution >= 0.6 is 0 Å². The van der Waals surface area contributed by atoms with Gasteiger partial charge in [0.1, 0.15) is 5.82 Å². The summed E-state index contributed by atoms with van der Waals surface area (Å²) in [6.07, 6.45) is 5.10. The van der Waals surface area contributed by atoms with Gasteiger partial charge in [-0.25, -0.2) is 9.18 Å². The molecule has 0 amide bonds. The summed E-state index contributed by atoms with van der Waals surface area (Å²) in [5.74, 6) is -3.50. The molecule has 2 atom stereocenters. The molecule has 1 aromatic carbocycles. The molecule has 1 aromatic rings. The Morgan fingerprint density at radius 1 is 1.26 bits per heavy atom. The van der Waals surface area contributed by atoms with Crippen LogP contribution in [0.4, 0.5) is 4.39 Å². The monoisotopic (exact) mass is 316 g/mol. The van der Waals surface area contributed by atoms with Gasteiger partial charge < -0.3 is 10.2 Å². The van der Waals surface area contributed by atoms with Crippen LogP contribution in [0.25, 0.3) is 0 Å². The summed E-state index contributed by atoms with van der Waals surface area (Å²) < 4.78 is 13.6. The standard InChI is InChI=1S/C18H17FO4/c1-18(17(22)23)9-12(10-5-6-10)8-14(16(20)21)15(18)11-3-2-4-13(19)7-11/h2-4,7-10,15H,5-6H2,1H3,(H,20,21)(H,22,23). The predicted molar refractivity (Wildman–Crippen MR) is 81.4 cm³/mol. The molecule has 2 N–H and O–H groups in total. The number of rotatable bonds is 4. The zero-order valence-electron chi connectivity index (χ0n) is 12.6. The van der Waals surface area contributed by atoms with Crippen molar-refractivity contribution in [2.24, 2.45) is 11.3 Å². The molecule has 3 rings (SSSR count). The molecule has 2 aliphatic rings. The van der Waals surface area contributed by atoms with Gasteiger partial charge in [0.25, 0.3) is 0 Å². The summed E-state index contributed by atoms with van der Waals surface area (Å²) in [6, 6.07) is 5.49. The van der Waals surface area contributed by atoms with Gasteiger partial charge in [-0.15, -0.1) is 0 Å². The van der Waals surface area contributed by atoms with Gasteiger partial charge in [0.15, 0.2) is 0 Å². The fraction of sp³-hybridized carbons (Fsp3) is 0.333. The molecule has 0 saturated heterocycles. The Balaban J connectivity index is 2.19. The molecule has 0 radical (unpaired) electrons. The van der Waals surface area contributed by atoms with E-state index >= 15 is 0 Å². The first-order valence-corrected chi connectivity index (χ1v) is 7.49. The summed E-state index contributed by atoms with van der Waals surface area (Å²) in [4.78, 5) is 23.7. The number of hydrogen-bond acceptors (Lipinski definition) is 2. The third kappa shape index (κ3) is 2.67. The van der Waals surface area contributed by atoms with Crippen LogP contribution in [0.3, 0.4) is 0 Å². The number of hydrogen-bond donors (Lipinski definition) is 2. The van der Waals surface area contributed by atoms with Crippen molar-refractivity contribution < 1.29 is 24.2 Å². The van der Waals surface area contributed by atoms with Crippen LogP contribution in [-0.4, -0.2) is 22.2 Å². The van der Waals surface area contributed by atoms with Crippen LogP contribution in [0.5, 0.6) is 0 Å². The van der Waals surface area contributed by atoms with Crippen LogP contribution in [0.1, 0.15) is 31.2 Å². The molecule has 1 fully saturated rings. The molecule has 0 bridgehead atoms. The van der Waals surface area contributed by atoms with E-state index in [-0.39, 0.29) is 11.5 Å². The van der Waals surface area contributed by atoms with Gasteiger partial charge in [-0.05, 0) is 55.0 Å². The van der Waals surface area contributed by atoms with E-state index in [1.165, 1.54) is 25.1 Å². The summed E-state index contributed by atoms with van der Waals surface area (Å²) in [6.45, 7) is 1.50. The van der Waals surface area contributed by atoms with E-state index in [9.17, 15) is 24.2 Å². The SMILES string of the molecule is CC1(C(=O)O)C=C(C2CC2)C=C(C(=O)O)C1c1cccc(F)c1. The van der Waals surface area contributed by atoms with Crippen molar-refractivity contribution in [2.75, 3.05) is 0 Å². The Labute approximate surface area is 132 Å². The highest BCUT2D eigenvalue weighted by Gasteiger charge is 2.48. The lowest BCUT2D eigenvalue weighted by Crippen LogP contribution is -2.38.